The van der Waals surface area contributed by atoms with Crippen molar-refractivity contribution in [3.8, 4) is 0 Å². The lowest BCUT2D eigenvalue weighted by Gasteiger charge is -2.02. The predicted octanol–water partition coefficient (Wildman–Crippen LogP) is 3.40. The van der Waals surface area contributed by atoms with Gasteiger partial charge in [-0.1, -0.05) is 0 Å². The fourth-order valence-corrected chi connectivity index (χ4v) is 3.13. The van der Waals surface area contributed by atoms with E-state index in [0.717, 1.165) is 34.6 Å². The summed E-state index contributed by atoms with van der Waals surface area (Å²) in [5.41, 5.74) is 0. The van der Waals surface area contributed by atoms with Crippen molar-refractivity contribution >= 4 is 43.2 Å². The first kappa shape index (κ1) is 12.6. The summed E-state index contributed by atoms with van der Waals surface area (Å²) in [6.07, 6.45) is 0. The Morgan fingerprint density at radius 1 is 1.50 bits per heavy atom. The zero-order valence-corrected chi connectivity index (χ0v) is 12.0. The highest BCUT2D eigenvalue weighted by atomic mass is 79.9. The zero-order valence-electron chi connectivity index (χ0n) is 7.98. The van der Waals surface area contributed by atoms with Gasteiger partial charge in [-0.05, 0) is 44.8 Å². The van der Waals surface area contributed by atoms with Gasteiger partial charge in [0.25, 0.3) is 0 Å². The van der Waals surface area contributed by atoms with Crippen LogP contribution in [0.4, 0.5) is 0 Å². The monoisotopic (exact) mass is 341 g/mol. The van der Waals surface area contributed by atoms with Gasteiger partial charge in [-0.25, -0.2) is 0 Å². The van der Waals surface area contributed by atoms with Crippen LogP contribution >= 0.6 is 43.2 Å². The number of rotatable bonds is 6. The van der Waals surface area contributed by atoms with Crippen molar-refractivity contribution in [1.29, 1.82) is 0 Å². The SMILES string of the molecule is CCOCCNCc1cc(Br)c(Br)s1. The van der Waals surface area contributed by atoms with Crippen molar-refractivity contribution in [2.75, 3.05) is 19.8 Å². The molecule has 1 aromatic rings. The van der Waals surface area contributed by atoms with Gasteiger partial charge >= 0.3 is 0 Å². The molecule has 0 aliphatic carbocycles. The fourth-order valence-electron chi connectivity index (χ4n) is 0.979. The average molecular weight is 343 g/mol. The Kier molecular flexibility index (Phi) is 6.28. The van der Waals surface area contributed by atoms with Crippen LogP contribution in [-0.4, -0.2) is 19.8 Å². The van der Waals surface area contributed by atoms with E-state index in [-0.39, 0.29) is 0 Å². The van der Waals surface area contributed by atoms with E-state index < -0.39 is 0 Å². The third kappa shape index (κ3) is 4.40. The number of ether oxygens (including phenoxy) is 1. The molecule has 14 heavy (non-hydrogen) atoms. The quantitative estimate of drug-likeness (QED) is 0.800. The van der Waals surface area contributed by atoms with Gasteiger partial charge in [0.2, 0.25) is 0 Å². The maximum atomic E-state index is 5.22. The molecule has 1 N–H and O–H groups in total. The second kappa shape index (κ2) is 6.95. The van der Waals surface area contributed by atoms with Gasteiger partial charge in [-0.3, -0.25) is 0 Å². The van der Waals surface area contributed by atoms with Crippen LogP contribution in [0.3, 0.4) is 0 Å². The third-order valence-corrected chi connectivity index (χ3v) is 4.88. The molecule has 5 heteroatoms. The maximum absolute atomic E-state index is 5.22. The van der Waals surface area contributed by atoms with Gasteiger partial charge in [-0.2, -0.15) is 0 Å². The van der Waals surface area contributed by atoms with E-state index in [1.165, 1.54) is 4.88 Å². The molecule has 0 saturated heterocycles. The van der Waals surface area contributed by atoms with Gasteiger partial charge in [-0.15, -0.1) is 11.3 Å². The molecule has 0 bridgehead atoms. The van der Waals surface area contributed by atoms with Crippen LogP contribution in [0.5, 0.6) is 0 Å². The van der Waals surface area contributed by atoms with Gasteiger partial charge in [0.15, 0.2) is 0 Å². The minimum absolute atomic E-state index is 0.782. The maximum Gasteiger partial charge on any atom is 0.0843 e. The molecule has 0 atom stereocenters. The van der Waals surface area contributed by atoms with E-state index in [4.69, 9.17) is 4.74 Å². The van der Waals surface area contributed by atoms with E-state index in [0.29, 0.717) is 0 Å². The minimum Gasteiger partial charge on any atom is -0.380 e. The summed E-state index contributed by atoms with van der Waals surface area (Å²) in [6.45, 7) is 5.39. The van der Waals surface area contributed by atoms with E-state index in [9.17, 15) is 0 Å². The number of hydrogen-bond donors (Lipinski definition) is 1. The predicted molar refractivity (Wildman–Crippen MR) is 67.9 cm³/mol. The molecule has 0 amide bonds. The van der Waals surface area contributed by atoms with Crippen LogP contribution in [-0.2, 0) is 11.3 Å². The van der Waals surface area contributed by atoms with Gasteiger partial charge in [0, 0.05) is 29.0 Å². The second-order valence-electron chi connectivity index (χ2n) is 2.71. The highest BCUT2D eigenvalue weighted by Crippen LogP contribution is 2.32. The Labute approximate surface area is 105 Å². The standard InChI is InChI=1S/C9H13Br2NOS/c1-2-13-4-3-12-6-7-5-8(10)9(11)14-7/h5,12H,2-4,6H2,1H3. The second-order valence-corrected chi connectivity index (χ2v) is 6.02. The summed E-state index contributed by atoms with van der Waals surface area (Å²) in [6, 6.07) is 2.13. The van der Waals surface area contributed by atoms with Crippen molar-refractivity contribution in [2.45, 2.75) is 13.5 Å². The van der Waals surface area contributed by atoms with Crippen molar-refractivity contribution in [2.24, 2.45) is 0 Å². The van der Waals surface area contributed by atoms with E-state index in [1.807, 2.05) is 6.92 Å². The first-order valence-corrected chi connectivity index (χ1v) is 6.86. The van der Waals surface area contributed by atoms with Crippen LogP contribution in [0, 0.1) is 0 Å². The van der Waals surface area contributed by atoms with Crippen molar-refractivity contribution < 1.29 is 4.74 Å². The summed E-state index contributed by atoms with van der Waals surface area (Å²) >= 11 is 8.67. The van der Waals surface area contributed by atoms with Crippen molar-refractivity contribution in [1.82, 2.24) is 5.32 Å². The number of halogens is 2. The summed E-state index contributed by atoms with van der Waals surface area (Å²) in [5, 5.41) is 3.32. The van der Waals surface area contributed by atoms with Crippen LogP contribution in [0.1, 0.15) is 11.8 Å². The first-order valence-electron chi connectivity index (χ1n) is 4.46. The molecule has 0 fully saturated rings. The van der Waals surface area contributed by atoms with Crippen molar-refractivity contribution in [3.05, 3.63) is 19.2 Å². The number of nitrogens with one attached hydrogen (secondary N) is 1. The third-order valence-electron chi connectivity index (χ3n) is 1.62. The molecule has 0 aromatic carbocycles. The average Bonchev–Trinajstić information content (AvgIpc) is 2.46. The molecule has 0 aliphatic rings. The molecule has 1 heterocycles. The van der Waals surface area contributed by atoms with E-state index >= 15 is 0 Å². The zero-order chi connectivity index (χ0) is 10.4. The molecule has 0 spiro atoms. The molecule has 0 radical (unpaired) electrons. The van der Waals surface area contributed by atoms with Crippen LogP contribution in [0.2, 0.25) is 0 Å². The summed E-state index contributed by atoms with van der Waals surface area (Å²) in [4.78, 5) is 1.32. The number of thiophene rings is 1. The molecule has 0 aliphatic heterocycles. The lowest BCUT2D eigenvalue weighted by Crippen LogP contribution is -2.18. The molecule has 2 nitrogen and oxygen atoms in total. The Hall–Kier alpha value is 0.580. The Bertz CT molecular complexity index is 258. The normalized spacial score (nSPS) is 10.8. The highest BCUT2D eigenvalue weighted by molar-refractivity contribution is 9.13. The smallest absolute Gasteiger partial charge is 0.0843 e. The molecule has 1 aromatic heterocycles. The Morgan fingerprint density at radius 2 is 2.29 bits per heavy atom. The topological polar surface area (TPSA) is 21.3 Å². The Morgan fingerprint density at radius 3 is 2.86 bits per heavy atom. The van der Waals surface area contributed by atoms with Gasteiger partial charge in [0.1, 0.15) is 0 Å². The lowest BCUT2D eigenvalue weighted by molar-refractivity contribution is 0.149. The lowest BCUT2D eigenvalue weighted by atomic mass is 10.4. The van der Waals surface area contributed by atoms with E-state index in [2.05, 4.69) is 43.2 Å². The molecular formula is C9H13Br2NOS. The molecule has 0 unspecified atom stereocenters. The molecule has 80 valence electrons. The fraction of sp³-hybridized carbons (Fsp3) is 0.556. The highest BCUT2D eigenvalue weighted by Gasteiger charge is 2.02. The summed E-state index contributed by atoms with van der Waals surface area (Å²) < 4.78 is 7.50. The summed E-state index contributed by atoms with van der Waals surface area (Å²) in [7, 11) is 0. The van der Waals surface area contributed by atoms with Gasteiger partial charge < -0.3 is 10.1 Å². The van der Waals surface area contributed by atoms with E-state index in [1.54, 1.807) is 11.3 Å². The van der Waals surface area contributed by atoms with Crippen LogP contribution in [0.25, 0.3) is 0 Å². The van der Waals surface area contributed by atoms with Crippen LogP contribution in [0.15, 0.2) is 14.3 Å². The largest absolute Gasteiger partial charge is 0.380 e. The summed E-state index contributed by atoms with van der Waals surface area (Å²) in [5.74, 6) is 0. The van der Waals surface area contributed by atoms with Crippen molar-refractivity contribution in [3.63, 3.8) is 0 Å². The van der Waals surface area contributed by atoms with Crippen LogP contribution < -0.4 is 5.32 Å². The first-order chi connectivity index (χ1) is 6.74. The number of hydrogen-bond acceptors (Lipinski definition) is 3. The Balaban J connectivity index is 2.18. The van der Waals surface area contributed by atoms with Gasteiger partial charge in [0.05, 0.1) is 10.4 Å². The molecule has 0 saturated carbocycles. The minimum atomic E-state index is 0.782. The molecular weight excluding hydrogens is 330 g/mol. The molecule has 1 rings (SSSR count).